The fourth-order valence-corrected chi connectivity index (χ4v) is 1.99. The zero-order chi connectivity index (χ0) is 18.2. The fourth-order valence-electron chi connectivity index (χ4n) is 1.99. The second-order valence-electron chi connectivity index (χ2n) is 4.47. The van der Waals surface area contributed by atoms with E-state index in [1.807, 2.05) is 12.1 Å². The van der Waals surface area contributed by atoms with Gasteiger partial charge in [0.15, 0.2) is 11.5 Å². The minimum Gasteiger partial charge on any atom is -0.857 e. The van der Waals surface area contributed by atoms with Crippen LogP contribution in [0.5, 0.6) is 5.88 Å². The van der Waals surface area contributed by atoms with Crippen molar-refractivity contribution in [1.82, 2.24) is 25.0 Å². The molecule has 0 N–H and O–H groups in total. The average molecular weight is 365 g/mol. The Bertz CT molecular complexity index is 824. The first kappa shape index (κ1) is 21.7. The van der Waals surface area contributed by atoms with Crippen LogP contribution in [0, 0.1) is 0 Å². The number of hydrogen-bond acceptors (Lipinski definition) is 8. The Labute approximate surface area is 172 Å². The molecular weight excluding hydrogens is 349 g/mol. The normalized spacial score (nSPS) is 9.38. The van der Waals surface area contributed by atoms with Crippen molar-refractivity contribution >= 4 is 5.97 Å². The van der Waals surface area contributed by atoms with Crippen molar-refractivity contribution in [3.05, 3.63) is 48.3 Å². The first-order chi connectivity index (χ1) is 12.2. The zero-order valence-corrected chi connectivity index (χ0v) is 16.9. The number of hydrogen-bond donors (Lipinski definition) is 0. The Kier molecular flexibility index (Phi) is 8.86. The summed E-state index contributed by atoms with van der Waals surface area (Å²) in [5.41, 5.74) is 1.41. The molecule has 0 unspecified atom stereocenters. The van der Waals surface area contributed by atoms with E-state index in [4.69, 9.17) is 14.6 Å². The van der Waals surface area contributed by atoms with E-state index in [0.717, 1.165) is 7.11 Å². The Hall–Kier alpha value is -2.33. The van der Waals surface area contributed by atoms with Crippen LogP contribution in [0.2, 0.25) is 0 Å². The predicted octanol–water partition coefficient (Wildman–Crippen LogP) is -2.50. The van der Waals surface area contributed by atoms with Gasteiger partial charge in [0, 0.05) is 18.3 Å². The zero-order valence-electron chi connectivity index (χ0n) is 14.9. The van der Waals surface area contributed by atoms with E-state index in [0.29, 0.717) is 23.1 Å². The molecule has 0 aliphatic carbocycles. The van der Waals surface area contributed by atoms with E-state index < -0.39 is 5.97 Å². The van der Waals surface area contributed by atoms with Gasteiger partial charge in [-0.25, -0.2) is 9.48 Å². The van der Waals surface area contributed by atoms with Crippen LogP contribution in [0.25, 0.3) is 17.2 Å². The van der Waals surface area contributed by atoms with Crippen LogP contribution in [0.1, 0.15) is 10.5 Å². The molecule has 3 rings (SSSR count). The molecule has 0 fully saturated rings. The smallest absolute Gasteiger partial charge is 0.857 e. The summed E-state index contributed by atoms with van der Waals surface area (Å²) < 4.78 is 11.2. The second kappa shape index (κ2) is 10.6. The maximum absolute atomic E-state index is 11.8. The molecule has 0 aliphatic heterocycles. The summed E-state index contributed by atoms with van der Waals surface area (Å²) in [6.45, 7) is 0. The van der Waals surface area contributed by atoms with Gasteiger partial charge >= 0.3 is 35.5 Å². The first-order valence-corrected chi connectivity index (χ1v) is 7.11. The van der Waals surface area contributed by atoms with Gasteiger partial charge in [0.1, 0.15) is 0 Å². The Morgan fingerprint density at radius 1 is 1.12 bits per heavy atom. The van der Waals surface area contributed by atoms with Crippen LogP contribution < -0.4 is 39.4 Å². The predicted molar refractivity (Wildman–Crippen MR) is 86.2 cm³/mol. The second-order valence-corrected chi connectivity index (χ2v) is 4.47. The third-order valence-electron chi connectivity index (χ3n) is 3.08. The SMILES string of the molecule is COC(=O)c1cc(-c2ccccn2)n(-c2ccc(OC)nn2)n1.C[O-].[Na+]. The quantitative estimate of drug-likeness (QED) is 0.368. The molecule has 10 heteroatoms. The molecule has 3 aromatic rings. The van der Waals surface area contributed by atoms with Gasteiger partial charge in [-0.15, -0.1) is 10.2 Å². The number of esters is 1. The van der Waals surface area contributed by atoms with Crippen LogP contribution in [0.15, 0.2) is 42.6 Å². The summed E-state index contributed by atoms with van der Waals surface area (Å²) in [6.07, 6.45) is 1.66. The van der Waals surface area contributed by atoms with E-state index in [-0.39, 0.29) is 35.3 Å². The summed E-state index contributed by atoms with van der Waals surface area (Å²) in [5, 5.41) is 20.5. The van der Waals surface area contributed by atoms with Crippen molar-refractivity contribution < 1.29 is 48.9 Å². The third kappa shape index (κ3) is 4.85. The first-order valence-electron chi connectivity index (χ1n) is 7.11. The standard InChI is InChI=1S/C15H13N5O3.CH3O.Na/c1-22-14-7-6-13(17-18-14)20-12(10-5-3-4-8-16-10)9-11(19-20)15(21)23-2;1-2;/h3-9H,1-2H3;1H3;/q;-1;+1. The Morgan fingerprint density at radius 2 is 1.88 bits per heavy atom. The van der Waals surface area contributed by atoms with Gasteiger partial charge in [0.2, 0.25) is 5.88 Å². The van der Waals surface area contributed by atoms with E-state index in [9.17, 15) is 4.79 Å². The molecule has 3 heterocycles. The molecule has 0 aliphatic rings. The number of ether oxygens (including phenoxy) is 2. The number of rotatable bonds is 4. The van der Waals surface area contributed by atoms with Crippen LogP contribution >= 0.6 is 0 Å². The molecule has 0 aromatic carbocycles. The number of pyridine rings is 1. The average Bonchev–Trinajstić information content (AvgIpc) is 3.15. The molecule has 26 heavy (non-hydrogen) atoms. The van der Waals surface area contributed by atoms with E-state index in [1.54, 1.807) is 30.5 Å². The Morgan fingerprint density at radius 3 is 2.42 bits per heavy atom. The van der Waals surface area contributed by atoms with Gasteiger partial charge < -0.3 is 14.6 Å². The number of carbonyl (C=O) groups excluding carboxylic acids is 1. The van der Waals surface area contributed by atoms with Gasteiger partial charge in [-0.05, 0) is 18.2 Å². The Balaban J connectivity index is 0.00000109. The minimum atomic E-state index is -0.539. The van der Waals surface area contributed by atoms with Crippen LogP contribution in [-0.2, 0) is 4.74 Å². The topological polar surface area (TPSA) is 115 Å². The molecule has 0 saturated carbocycles. The molecule has 130 valence electrons. The van der Waals surface area contributed by atoms with Crippen molar-refractivity contribution in [2.24, 2.45) is 0 Å². The number of nitrogens with zero attached hydrogens (tertiary/aromatic N) is 5. The number of methoxy groups -OCH3 is 2. The molecule has 0 radical (unpaired) electrons. The molecule has 9 nitrogen and oxygen atoms in total. The van der Waals surface area contributed by atoms with Crippen molar-refractivity contribution in [3.8, 4) is 23.1 Å². The number of aromatic nitrogens is 5. The van der Waals surface area contributed by atoms with Crippen molar-refractivity contribution in [3.63, 3.8) is 0 Å². The molecule has 3 aromatic heterocycles. The molecule has 0 amide bonds. The van der Waals surface area contributed by atoms with Crippen LogP contribution in [-0.4, -0.2) is 52.3 Å². The molecule has 0 bridgehead atoms. The van der Waals surface area contributed by atoms with Gasteiger partial charge in [0.25, 0.3) is 0 Å². The molecule has 0 spiro atoms. The van der Waals surface area contributed by atoms with Crippen LogP contribution in [0.4, 0.5) is 0 Å². The summed E-state index contributed by atoms with van der Waals surface area (Å²) in [7, 11) is 3.56. The van der Waals surface area contributed by atoms with Crippen molar-refractivity contribution in [2.75, 3.05) is 21.3 Å². The summed E-state index contributed by atoms with van der Waals surface area (Å²) in [4.78, 5) is 16.0. The van der Waals surface area contributed by atoms with Crippen molar-refractivity contribution in [1.29, 1.82) is 0 Å². The summed E-state index contributed by atoms with van der Waals surface area (Å²) in [5.74, 6) is 0.275. The summed E-state index contributed by atoms with van der Waals surface area (Å²) in [6, 6.07) is 10.4. The maximum atomic E-state index is 11.8. The molecule has 0 saturated heterocycles. The maximum Gasteiger partial charge on any atom is 1.00 e. The van der Waals surface area contributed by atoms with Gasteiger partial charge in [0.05, 0.1) is 25.6 Å². The molecular formula is C16H16N5NaO4. The van der Waals surface area contributed by atoms with Crippen molar-refractivity contribution in [2.45, 2.75) is 0 Å². The fraction of sp³-hybridized carbons (Fsp3) is 0.188. The third-order valence-corrected chi connectivity index (χ3v) is 3.08. The van der Waals surface area contributed by atoms with E-state index in [1.165, 1.54) is 18.9 Å². The van der Waals surface area contributed by atoms with Gasteiger partial charge in [-0.1, -0.05) is 6.07 Å². The number of carbonyl (C=O) groups is 1. The summed E-state index contributed by atoms with van der Waals surface area (Å²) >= 11 is 0. The van der Waals surface area contributed by atoms with E-state index in [2.05, 4.69) is 20.3 Å². The van der Waals surface area contributed by atoms with Gasteiger partial charge in [-0.2, -0.15) is 12.2 Å². The molecule has 0 atom stereocenters. The largest absolute Gasteiger partial charge is 1.00 e. The van der Waals surface area contributed by atoms with E-state index >= 15 is 0 Å². The van der Waals surface area contributed by atoms with Crippen LogP contribution in [0.3, 0.4) is 0 Å². The monoisotopic (exact) mass is 365 g/mol. The van der Waals surface area contributed by atoms with Gasteiger partial charge in [-0.3, -0.25) is 4.98 Å². The minimum absolute atomic E-state index is 0.